The largest absolute Gasteiger partial charge is 0.462 e. The highest BCUT2D eigenvalue weighted by Gasteiger charge is 2.20. The number of ether oxygens (including phenoxy) is 2. The maximum atomic E-state index is 12.3. The van der Waals surface area contributed by atoms with Crippen LogP contribution >= 0.6 is 0 Å². The summed E-state index contributed by atoms with van der Waals surface area (Å²) in [7, 11) is 2.04. The van der Waals surface area contributed by atoms with Gasteiger partial charge in [-0.1, -0.05) is 24.3 Å². The molecule has 0 aliphatic carbocycles. The summed E-state index contributed by atoms with van der Waals surface area (Å²) in [4.78, 5) is 36.7. The van der Waals surface area contributed by atoms with Gasteiger partial charge in [0.1, 0.15) is 5.75 Å². The zero-order chi connectivity index (χ0) is 26.9. The minimum Gasteiger partial charge on any atom is -0.462 e. The van der Waals surface area contributed by atoms with Gasteiger partial charge in [-0.2, -0.15) is 0 Å². The Balaban J connectivity index is 1.25. The van der Waals surface area contributed by atoms with Crippen molar-refractivity contribution in [2.24, 2.45) is 0 Å². The number of likely N-dealkylation sites (N-methyl/N-ethyl adjacent to an activating group) is 1. The molecule has 3 aromatic rings. The maximum Gasteiger partial charge on any atom is 0.415 e. The Kier molecular flexibility index (Phi) is 9.23. The van der Waals surface area contributed by atoms with Crippen LogP contribution in [-0.2, 0) is 16.1 Å². The van der Waals surface area contributed by atoms with Gasteiger partial charge in [0.25, 0.3) is 0 Å². The lowest BCUT2D eigenvalue weighted by molar-refractivity contribution is -0.146. The Morgan fingerprint density at radius 1 is 0.921 bits per heavy atom. The van der Waals surface area contributed by atoms with E-state index < -0.39 is 0 Å². The average Bonchev–Trinajstić information content (AvgIpc) is 2.91. The molecule has 1 saturated heterocycles. The highest BCUT2D eigenvalue weighted by molar-refractivity contribution is 5.72. The molecule has 1 aliphatic heterocycles. The number of nitrogens with zero attached hydrogens (tertiary/aromatic N) is 4. The van der Waals surface area contributed by atoms with Gasteiger partial charge in [0.15, 0.2) is 0 Å². The number of hydrogen-bond acceptors (Lipinski definition) is 9. The van der Waals surface area contributed by atoms with Gasteiger partial charge in [-0.3, -0.25) is 4.79 Å². The molecule has 2 aromatic carbocycles. The average molecular weight is 519 g/mol. The van der Waals surface area contributed by atoms with E-state index in [0.717, 1.165) is 35.5 Å². The zero-order valence-electron chi connectivity index (χ0n) is 22.0. The number of esters is 1. The zero-order valence-corrected chi connectivity index (χ0v) is 22.0. The van der Waals surface area contributed by atoms with Crippen molar-refractivity contribution in [2.45, 2.75) is 26.5 Å². The van der Waals surface area contributed by atoms with Crippen molar-refractivity contribution < 1.29 is 19.1 Å². The van der Waals surface area contributed by atoms with Crippen molar-refractivity contribution in [3.05, 3.63) is 66.5 Å². The van der Waals surface area contributed by atoms with E-state index in [0.29, 0.717) is 31.3 Å². The van der Waals surface area contributed by atoms with Gasteiger partial charge in [-0.05, 0) is 56.3 Å². The predicted molar refractivity (Wildman–Crippen MR) is 145 cm³/mol. The number of aromatic nitrogens is 2. The quantitative estimate of drug-likeness (QED) is 0.410. The summed E-state index contributed by atoms with van der Waals surface area (Å²) in [6.07, 6.45) is 3.08. The van der Waals surface area contributed by atoms with E-state index >= 15 is 0 Å². The Labute approximate surface area is 223 Å². The van der Waals surface area contributed by atoms with Crippen LogP contribution in [0.25, 0.3) is 11.1 Å². The number of hydrogen-bond donors (Lipinski definition) is 2. The third-order valence-corrected chi connectivity index (χ3v) is 5.98. The van der Waals surface area contributed by atoms with Gasteiger partial charge >= 0.3 is 12.1 Å². The third-order valence-electron chi connectivity index (χ3n) is 5.98. The molecular weight excluding hydrogens is 484 g/mol. The molecule has 1 fully saturated rings. The van der Waals surface area contributed by atoms with Crippen LogP contribution in [0, 0.1) is 0 Å². The van der Waals surface area contributed by atoms with Crippen molar-refractivity contribution in [3.63, 3.8) is 0 Å². The van der Waals surface area contributed by atoms with Gasteiger partial charge in [0.05, 0.1) is 12.6 Å². The van der Waals surface area contributed by atoms with Crippen LogP contribution in [0.4, 0.5) is 16.4 Å². The second-order valence-electron chi connectivity index (χ2n) is 9.44. The molecule has 10 nitrogen and oxygen atoms in total. The predicted octanol–water partition coefficient (Wildman–Crippen LogP) is 3.67. The summed E-state index contributed by atoms with van der Waals surface area (Å²) in [5.74, 6) is 0.693. The molecule has 0 unspecified atom stereocenters. The lowest BCUT2D eigenvalue weighted by atomic mass is 10.1. The van der Waals surface area contributed by atoms with Crippen LogP contribution in [0.2, 0.25) is 0 Å². The lowest BCUT2D eigenvalue weighted by Gasteiger charge is -2.31. The monoisotopic (exact) mass is 518 g/mol. The van der Waals surface area contributed by atoms with Crippen molar-refractivity contribution >= 4 is 23.7 Å². The standard InChI is InChI=1S/C28H34N6O4/c1-20(2)37-26(35)19-29-16-21-4-6-22(7-5-21)23-17-30-27(31-18-23)32-24-8-10-25(11-9-24)38-28(36)34-14-12-33(3)13-15-34/h4-11,17-18,20,29H,12-16,19H2,1-3H3,(H,30,31,32). The van der Waals surface area contributed by atoms with E-state index in [1.165, 1.54) is 0 Å². The smallest absolute Gasteiger partial charge is 0.415 e. The summed E-state index contributed by atoms with van der Waals surface area (Å²) in [6.45, 7) is 7.43. The molecule has 38 heavy (non-hydrogen) atoms. The van der Waals surface area contributed by atoms with Crippen LogP contribution in [0.15, 0.2) is 60.9 Å². The Bertz CT molecular complexity index is 1190. The van der Waals surface area contributed by atoms with E-state index in [-0.39, 0.29) is 24.7 Å². The maximum absolute atomic E-state index is 12.3. The van der Waals surface area contributed by atoms with Gasteiger partial charge in [0, 0.05) is 56.4 Å². The third kappa shape index (κ3) is 7.99. The number of nitrogens with one attached hydrogen (secondary N) is 2. The molecule has 200 valence electrons. The Hall–Kier alpha value is -4.02. The van der Waals surface area contributed by atoms with Crippen molar-refractivity contribution in [3.8, 4) is 16.9 Å². The fourth-order valence-corrected chi connectivity index (χ4v) is 3.86. The van der Waals surface area contributed by atoms with E-state index in [4.69, 9.17) is 9.47 Å². The molecular formula is C28H34N6O4. The van der Waals surface area contributed by atoms with E-state index in [1.807, 2.05) is 57.3 Å². The first kappa shape index (κ1) is 27.0. The summed E-state index contributed by atoms with van der Waals surface area (Å²) in [5.41, 5.74) is 3.72. The molecule has 1 aliphatic rings. The minimum absolute atomic E-state index is 0.114. The number of piperazine rings is 1. The number of rotatable bonds is 9. The molecule has 0 atom stereocenters. The SMILES string of the molecule is CC(C)OC(=O)CNCc1ccc(-c2cnc(Nc3ccc(OC(=O)N4CCN(C)CC4)cc3)nc2)cc1. The van der Waals surface area contributed by atoms with E-state index in [2.05, 4.69) is 25.5 Å². The fourth-order valence-electron chi connectivity index (χ4n) is 3.86. The number of carbonyl (C=O) groups is 2. The van der Waals surface area contributed by atoms with Crippen molar-refractivity contribution in [2.75, 3.05) is 45.1 Å². The number of amides is 1. The van der Waals surface area contributed by atoms with Crippen molar-refractivity contribution in [1.82, 2.24) is 25.1 Å². The summed E-state index contributed by atoms with van der Waals surface area (Å²) >= 11 is 0. The van der Waals surface area contributed by atoms with Crippen LogP contribution in [0.5, 0.6) is 5.75 Å². The topological polar surface area (TPSA) is 109 Å². The fraction of sp³-hybridized carbons (Fsp3) is 0.357. The number of carbonyl (C=O) groups excluding carboxylic acids is 2. The normalized spacial score (nSPS) is 13.8. The van der Waals surface area contributed by atoms with Crippen LogP contribution in [0.3, 0.4) is 0 Å². The Morgan fingerprint density at radius 2 is 1.58 bits per heavy atom. The van der Waals surface area contributed by atoms with Crippen LogP contribution < -0.4 is 15.4 Å². The molecule has 2 N–H and O–H groups in total. The van der Waals surface area contributed by atoms with Gasteiger partial charge in [0.2, 0.25) is 5.95 Å². The molecule has 0 radical (unpaired) electrons. The molecule has 0 spiro atoms. The molecule has 1 amide bonds. The van der Waals surface area contributed by atoms with E-state index in [9.17, 15) is 9.59 Å². The summed E-state index contributed by atoms with van der Waals surface area (Å²) in [6, 6.07) is 15.1. The number of benzene rings is 2. The molecule has 2 heterocycles. The second kappa shape index (κ2) is 13.0. The van der Waals surface area contributed by atoms with Crippen LogP contribution in [-0.4, -0.2) is 77.7 Å². The van der Waals surface area contributed by atoms with Crippen LogP contribution in [0.1, 0.15) is 19.4 Å². The highest BCUT2D eigenvalue weighted by Crippen LogP contribution is 2.22. The van der Waals surface area contributed by atoms with Crippen molar-refractivity contribution in [1.29, 1.82) is 0 Å². The molecule has 0 saturated carbocycles. The van der Waals surface area contributed by atoms with Gasteiger partial charge in [-0.25, -0.2) is 14.8 Å². The number of anilines is 2. The van der Waals surface area contributed by atoms with Gasteiger partial charge < -0.3 is 29.9 Å². The molecule has 1 aromatic heterocycles. The summed E-state index contributed by atoms with van der Waals surface area (Å²) in [5, 5.41) is 6.25. The first-order chi connectivity index (χ1) is 18.4. The van der Waals surface area contributed by atoms with E-state index in [1.54, 1.807) is 29.4 Å². The molecule has 4 rings (SSSR count). The lowest BCUT2D eigenvalue weighted by Crippen LogP contribution is -2.48. The molecule has 0 bridgehead atoms. The second-order valence-corrected chi connectivity index (χ2v) is 9.44. The molecule has 10 heteroatoms. The highest BCUT2D eigenvalue weighted by atomic mass is 16.6. The first-order valence-electron chi connectivity index (χ1n) is 12.7. The Morgan fingerprint density at radius 3 is 2.21 bits per heavy atom. The van der Waals surface area contributed by atoms with Gasteiger partial charge in [-0.15, -0.1) is 0 Å². The first-order valence-corrected chi connectivity index (χ1v) is 12.7. The summed E-state index contributed by atoms with van der Waals surface area (Å²) < 4.78 is 10.6. The minimum atomic E-state index is -0.326.